The summed E-state index contributed by atoms with van der Waals surface area (Å²) in [5.41, 5.74) is 1.30. The monoisotopic (exact) mass is 226 g/mol. The molecule has 0 aromatic carbocycles. The summed E-state index contributed by atoms with van der Waals surface area (Å²) in [4.78, 5) is 0. The summed E-state index contributed by atoms with van der Waals surface area (Å²) in [6.45, 7) is 16.9. The summed E-state index contributed by atoms with van der Waals surface area (Å²) in [6, 6.07) is 2.13. The van der Waals surface area contributed by atoms with Gasteiger partial charge >= 0.3 is 0 Å². The molecule has 0 unspecified atom stereocenters. The standard InChI is InChI=1S/C9H14O.C4H10.C2H6/c1-4-9-5-8(6-10-9)7(2)3;1-4(2)3;1-2/h5-7H,4H2,1-3H3;4H,1-3H3;1-2H3. The molecule has 0 aliphatic rings. The lowest BCUT2D eigenvalue weighted by molar-refractivity contribution is 0.513. The number of aryl methyl sites for hydroxylation is 1. The van der Waals surface area contributed by atoms with E-state index < -0.39 is 0 Å². The zero-order chi connectivity index (χ0) is 13.1. The van der Waals surface area contributed by atoms with E-state index in [0.29, 0.717) is 5.92 Å². The van der Waals surface area contributed by atoms with E-state index in [0.717, 1.165) is 18.1 Å². The second-order valence-corrected chi connectivity index (χ2v) is 4.59. The first-order chi connectivity index (χ1) is 7.47. The fraction of sp³-hybridized carbons (Fsp3) is 0.733. The minimum Gasteiger partial charge on any atom is -0.469 e. The van der Waals surface area contributed by atoms with E-state index in [1.807, 2.05) is 20.1 Å². The molecule has 96 valence electrons. The van der Waals surface area contributed by atoms with Crippen LogP contribution in [0.15, 0.2) is 16.7 Å². The molecule has 1 rings (SSSR count). The lowest BCUT2D eigenvalue weighted by Gasteiger charge is -1.95. The largest absolute Gasteiger partial charge is 0.469 e. The van der Waals surface area contributed by atoms with Gasteiger partial charge in [-0.15, -0.1) is 0 Å². The predicted octanol–water partition coefficient (Wildman–Crippen LogP) is 5.65. The van der Waals surface area contributed by atoms with Gasteiger partial charge in [0.25, 0.3) is 0 Å². The van der Waals surface area contributed by atoms with Crippen LogP contribution in [-0.2, 0) is 6.42 Å². The van der Waals surface area contributed by atoms with Gasteiger partial charge in [-0.25, -0.2) is 0 Å². The number of hydrogen-bond acceptors (Lipinski definition) is 1. The van der Waals surface area contributed by atoms with Gasteiger partial charge < -0.3 is 4.42 Å². The molecule has 0 spiro atoms. The Balaban J connectivity index is 0. The van der Waals surface area contributed by atoms with Crippen LogP contribution in [0.3, 0.4) is 0 Å². The highest BCUT2D eigenvalue weighted by atomic mass is 16.3. The van der Waals surface area contributed by atoms with Crippen molar-refractivity contribution < 1.29 is 4.42 Å². The summed E-state index contributed by atoms with van der Waals surface area (Å²) in [5, 5.41) is 0. The number of hydrogen-bond donors (Lipinski definition) is 0. The number of furan rings is 1. The van der Waals surface area contributed by atoms with Crippen LogP contribution in [0.5, 0.6) is 0 Å². The molecule has 1 heteroatoms. The van der Waals surface area contributed by atoms with E-state index in [4.69, 9.17) is 4.42 Å². The average Bonchev–Trinajstić information content (AvgIpc) is 2.68. The Morgan fingerprint density at radius 1 is 1.06 bits per heavy atom. The van der Waals surface area contributed by atoms with E-state index in [1.165, 1.54) is 5.56 Å². The zero-order valence-corrected chi connectivity index (χ0v) is 12.4. The molecule has 0 aliphatic heterocycles. The SMILES string of the molecule is CC.CC(C)C.CCc1cc(C(C)C)co1. The normalized spacial score (nSPS) is 9.38. The Bertz CT molecular complexity index is 231. The van der Waals surface area contributed by atoms with Gasteiger partial charge in [0.15, 0.2) is 0 Å². The Hall–Kier alpha value is -0.720. The molecule has 1 aromatic heterocycles. The Kier molecular flexibility index (Phi) is 11.9. The van der Waals surface area contributed by atoms with Crippen molar-refractivity contribution >= 4 is 0 Å². The molecule has 1 aromatic rings. The van der Waals surface area contributed by atoms with Crippen molar-refractivity contribution in [2.45, 2.75) is 67.7 Å². The second-order valence-electron chi connectivity index (χ2n) is 4.59. The van der Waals surface area contributed by atoms with Crippen LogP contribution in [-0.4, -0.2) is 0 Å². The zero-order valence-electron chi connectivity index (χ0n) is 12.4. The van der Waals surface area contributed by atoms with E-state index >= 15 is 0 Å². The summed E-state index contributed by atoms with van der Waals surface area (Å²) in [5.74, 6) is 2.51. The lowest BCUT2D eigenvalue weighted by Crippen LogP contribution is -1.80. The lowest BCUT2D eigenvalue weighted by atomic mass is 10.1. The van der Waals surface area contributed by atoms with Gasteiger partial charge in [-0.05, 0) is 23.5 Å². The van der Waals surface area contributed by atoms with Gasteiger partial charge in [0.2, 0.25) is 0 Å². The third-order valence-corrected chi connectivity index (χ3v) is 1.69. The van der Waals surface area contributed by atoms with Crippen molar-refractivity contribution in [2.75, 3.05) is 0 Å². The highest BCUT2D eigenvalue weighted by Gasteiger charge is 2.02. The van der Waals surface area contributed by atoms with Crippen molar-refractivity contribution in [1.29, 1.82) is 0 Å². The van der Waals surface area contributed by atoms with Gasteiger partial charge in [0, 0.05) is 6.42 Å². The molecule has 0 saturated heterocycles. The second kappa shape index (κ2) is 10.8. The molecule has 0 fully saturated rings. The quantitative estimate of drug-likeness (QED) is 0.634. The van der Waals surface area contributed by atoms with Crippen molar-refractivity contribution in [3.8, 4) is 0 Å². The Morgan fingerprint density at radius 2 is 1.50 bits per heavy atom. The van der Waals surface area contributed by atoms with E-state index in [2.05, 4.69) is 47.6 Å². The highest BCUT2D eigenvalue weighted by molar-refractivity contribution is 5.15. The van der Waals surface area contributed by atoms with E-state index in [-0.39, 0.29) is 0 Å². The van der Waals surface area contributed by atoms with Crippen LogP contribution in [0.25, 0.3) is 0 Å². The smallest absolute Gasteiger partial charge is 0.103 e. The van der Waals surface area contributed by atoms with Crippen LogP contribution in [0.1, 0.15) is 72.6 Å². The van der Waals surface area contributed by atoms with Crippen LogP contribution < -0.4 is 0 Å². The fourth-order valence-electron chi connectivity index (χ4n) is 0.886. The van der Waals surface area contributed by atoms with Crippen molar-refractivity contribution in [3.63, 3.8) is 0 Å². The molecule has 0 saturated carbocycles. The van der Waals surface area contributed by atoms with Gasteiger partial charge in [-0.2, -0.15) is 0 Å². The minimum atomic E-state index is 0.587. The van der Waals surface area contributed by atoms with Crippen LogP contribution in [0.2, 0.25) is 0 Å². The van der Waals surface area contributed by atoms with Gasteiger partial charge in [-0.3, -0.25) is 0 Å². The van der Waals surface area contributed by atoms with Crippen molar-refractivity contribution in [3.05, 3.63) is 23.7 Å². The summed E-state index contributed by atoms with van der Waals surface area (Å²) in [7, 11) is 0. The molecule has 1 heterocycles. The molecule has 0 amide bonds. The molecule has 0 N–H and O–H groups in total. The third kappa shape index (κ3) is 9.82. The molecule has 1 nitrogen and oxygen atoms in total. The minimum absolute atomic E-state index is 0.587. The van der Waals surface area contributed by atoms with Crippen LogP contribution >= 0.6 is 0 Å². The topological polar surface area (TPSA) is 13.1 Å². The fourth-order valence-corrected chi connectivity index (χ4v) is 0.886. The van der Waals surface area contributed by atoms with E-state index in [1.54, 1.807) is 0 Å². The summed E-state index contributed by atoms with van der Waals surface area (Å²) >= 11 is 0. The molecule has 0 radical (unpaired) electrons. The first-order valence-electron chi connectivity index (χ1n) is 6.54. The first kappa shape index (κ1) is 17.7. The maximum absolute atomic E-state index is 5.28. The maximum atomic E-state index is 5.28. The summed E-state index contributed by atoms with van der Waals surface area (Å²) in [6.07, 6.45) is 2.84. The van der Waals surface area contributed by atoms with E-state index in [9.17, 15) is 0 Å². The highest BCUT2D eigenvalue weighted by Crippen LogP contribution is 2.17. The Morgan fingerprint density at radius 3 is 1.69 bits per heavy atom. The Labute approximate surface area is 102 Å². The van der Waals surface area contributed by atoms with Crippen LogP contribution in [0.4, 0.5) is 0 Å². The maximum Gasteiger partial charge on any atom is 0.103 e. The molecular weight excluding hydrogens is 196 g/mol. The average molecular weight is 226 g/mol. The van der Waals surface area contributed by atoms with Gasteiger partial charge in [0.05, 0.1) is 6.26 Å². The molecule has 16 heavy (non-hydrogen) atoms. The molecule has 0 aliphatic carbocycles. The third-order valence-electron chi connectivity index (χ3n) is 1.69. The molecular formula is C15H30O. The molecule has 0 atom stereocenters. The van der Waals surface area contributed by atoms with Gasteiger partial charge in [0.1, 0.15) is 5.76 Å². The summed E-state index contributed by atoms with van der Waals surface area (Å²) < 4.78 is 5.28. The van der Waals surface area contributed by atoms with Crippen molar-refractivity contribution in [2.24, 2.45) is 5.92 Å². The molecule has 0 bridgehead atoms. The first-order valence-corrected chi connectivity index (χ1v) is 6.54. The van der Waals surface area contributed by atoms with Crippen molar-refractivity contribution in [1.82, 2.24) is 0 Å². The predicted molar refractivity (Wildman–Crippen MR) is 74.0 cm³/mol. The van der Waals surface area contributed by atoms with Gasteiger partial charge in [-0.1, -0.05) is 55.4 Å². The van der Waals surface area contributed by atoms with Crippen LogP contribution in [0, 0.1) is 5.92 Å². The number of rotatable bonds is 2.